The Hall–Kier alpha value is -2.22. The lowest BCUT2D eigenvalue weighted by Crippen LogP contribution is -2.13. The van der Waals surface area contributed by atoms with E-state index in [9.17, 15) is 18.0 Å². The summed E-state index contributed by atoms with van der Waals surface area (Å²) in [7, 11) is 1.11. The van der Waals surface area contributed by atoms with Crippen molar-refractivity contribution in [2.24, 2.45) is 0 Å². The van der Waals surface area contributed by atoms with Crippen molar-refractivity contribution in [1.82, 2.24) is 9.55 Å². The summed E-state index contributed by atoms with van der Waals surface area (Å²) in [6.45, 7) is 0. The number of hydrogen-bond acceptors (Lipinski definition) is 4. The van der Waals surface area contributed by atoms with Crippen LogP contribution in [0.3, 0.4) is 0 Å². The van der Waals surface area contributed by atoms with E-state index in [2.05, 4.69) is 9.72 Å². The van der Waals surface area contributed by atoms with E-state index in [0.717, 1.165) is 24.1 Å². The van der Waals surface area contributed by atoms with Gasteiger partial charge in [0.05, 0.1) is 23.4 Å². The van der Waals surface area contributed by atoms with Gasteiger partial charge in [0.25, 0.3) is 0 Å². The molecule has 0 aliphatic rings. The third-order valence-corrected chi connectivity index (χ3v) is 3.02. The normalized spacial score (nSPS) is 11.5. The number of carbonyl (C=O) groups is 1. The van der Waals surface area contributed by atoms with E-state index in [4.69, 9.17) is 17.3 Å². The summed E-state index contributed by atoms with van der Waals surface area (Å²) < 4.78 is 44.5. The first-order chi connectivity index (χ1) is 9.77. The van der Waals surface area contributed by atoms with Crippen LogP contribution < -0.4 is 5.73 Å². The molecule has 0 atom stereocenters. The molecule has 21 heavy (non-hydrogen) atoms. The van der Waals surface area contributed by atoms with Gasteiger partial charge in [-0.25, -0.2) is 9.78 Å². The number of nitrogens with zero attached hydrogens (tertiary/aromatic N) is 2. The maximum Gasteiger partial charge on any atom is 0.418 e. The fourth-order valence-electron chi connectivity index (χ4n) is 1.78. The monoisotopic (exact) mass is 319 g/mol. The van der Waals surface area contributed by atoms with Gasteiger partial charge in [0, 0.05) is 0 Å². The Balaban J connectivity index is 2.69. The molecule has 9 heteroatoms. The lowest BCUT2D eigenvalue weighted by atomic mass is 10.1. The predicted molar refractivity (Wildman–Crippen MR) is 69.3 cm³/mol. The summed E-state index contributed by atoms with van der Waals surface area (Å²) in [6.07, 6.45) is -3.65. The molecule has 0 aliphatic heterocycles. The predicted octanol–water partition coefficient (Wildman–Crippen LogP) is 2.91. The van der Waals surface area contributed by atoms with Crippen LogP contribution in [0, 0.1) is 0 Å². The highest BCUT2D eigenvalue weighted by atomic mass is 35.5. The standard InChI is InChI=1S/C12H9ClF3N3O2/c1-21-11(20)8-10(17)19(5-18-8)9-6(12(14,15)16)3-2-4-7(9)13/h2-5H,17H2,1H3. The lowest BCUT2D eigenvalue weighted by molar-refractivity contribution is -0.137. The van der Waals surface area contributed by atoms with Gasteiger partial charge in [0.1, 0.15) is 12.1 Å². The van der Waals surface area contributed by atoms with Crippen LogP contribution in [0.15, 0.2) is 24.5 Å². The second-order valence-electron chi connectivity index (χ2n) is 3.97. The number of para-hydroxylation sites is 1. The second-order valence-corrected chi connectivity index (χ2v) is 4.38. The smallest absolute Gasteiger partial charge is 0.418 e. The summed E-state index contributed by atoms with van der Waals surface area (Å²) in [6, 6.07) is 3.31. The first kappa shape index (κ1) is 15.2. The molecule has 112 valence electrons. The number of benzene rings is 1. The van der Waals surface area contributed by atoms with Crippen LogP contribution in [-0.4, -0.2) is 22.6 Å². The van der Waals surface area contributed by atoms with Gasteiger partial charge in [-0.1, -0.05) is 17.7 Å². The van der Waals surface area contributed by atoms with Gasteiger partial charge in [0.2, 0.25) is 0 Å². The maximum atomic E-state index is 13.1. The zero-order valence-electron chi connectivity index (χ0n) is 10.6. The number of alkyl halides is 3. The van der Waals surface area contributed by atoms with Crippen LogP contribution >= 0.6 is 11.6 Å². The topological polar surface area (TPSA) is 70.1 Å². The number of rotatable bonds is 2. The van der Waals surface area contributed by atoms with Gasteiger partial charge in [-0.15, -0.1) is 0 Å². The van der Waals surface area contributed by atoms with Crippen molar-refractivity contribution in [3.63, 3.8) is 0 Å². The van der Waals surface area contributed by atoms with Gasteiger partial charge >= 0.3 is 12.1 Å². The molecule has 2 rings (SSSR count). The molecule has 1 heterocycles. The van der Waals surface area contributed by atoms with E-state index in [1.165, 1.54) is 12.1 Å². The molecule has 0 amide bonds. The van der Waals surface area contributed by atoms with E-state index in [0.29, 0.717) is 0 Å². The zero-order chi connectivity index (χ0) is 15.8. The molecule has 1 aromatic carbocycles. The maximum absolute atomic E-state index is 13.1. The largest absolute Gasteiger partial charge is 0.464 e. The molecule has 0 saturated carbocycles. The van der Waals surface area contributed by atoms with Crippen molar-refractivity contribution in [1.29, 1.82) is 0 Å². The third kappa shape index (κ3) is 2.66. The van der Waals surface area contributed by atoms with Crippen LogP contribution in [0.25, 0.3) is 5.69 Å². The Morgan fingerprint density at radius 1 is 1.43 bits per heavy atom. The number of aromatic nitrogens is 2. The van der Waals surface area contributed by atoms with E-state index in [-0.39, 0.29) is 16.5 Å². The fraction of sp³-hybridized carbons (Fsp3) is 0.167. The molecule has 0 radical (unpaired) electrons. The van der Waals surface area contributed by atoms with Crippen LogP contribution in [0.1, 0.15) is 16.1 Å². The third-order valence-electron chi connectivity index (χ3n) is 2.72. The van der Waals surface area contributed by atoms with Crippen molar-refractivity contribution in [3.05, 3.63) is 40.8 Å². The molecule has 0 aliphatic carbocycles. The number of imidazole rings is 1. The number of anilines is 1. The molecule has 0 saturated heterocycles. The quantitative estimate of drug-likeness (QED) is 0.864. The highest BCUT2D eigenvalue weighted by molar-refractivity contribution is 6.32. The molecule has 0 spiro atoms. The first-order valence-corrected chi connectivity index (χ1v) is 5.92. The Morgan fingerprint density at radius 3 is 2.67 bits per heavy atom. The SMILES string of the molecule is COC(=O)c1ncn(-c2c(Cl)cccc2C(F)(F)F)c1N. The zero-order valence-corrected chi connectivity index (χ0v) is 11.4. The minimum Gasteiger partial charge on any atom is -0.464 e. The van der Waals surface area contributed by atoms with Gasteiger partial charge in [-0.2, -0.15) is 13.2 Å². The van der Waals surface area contributed by atoms with Crippen LogP contribution in [-0.2, 0) is 10.9 Å². The van der Waals surface area contributed by atoms with Gasteiger partial charge in [-0.05, 0) is 12.1 Å². The van der Waals surface area contributed by atoms with Gasteiger partial charge in [-0.3, -0.25) is 4.57 Å². The summed E-state index contributed by atoms with van der Waals surface area (Å²) >= 11 is 5.84. The number of carbonyl (C=O) groups excluding carboxylic acids is 1. The Labute approximate surface area is 122 Å². The van der Waals surface area contributed by atoms with Crippen molar-refractivity contribution >= 4 is 23.4 Å². The minimum atomic E-state index is -4.64. The molecule has 0 fully saturated rings. The fourth-order valence-corrected chi connectivity index (χ4v) is 2.04. The Bertz CT molecular complexity index is 698. The molecule has 2 aromatic rings. The molecular formula is C12H9ClF3N3O2. The van der Waals surface area contributed by atoms with Crippen molar-refractivity contribution < 1.29 is 22.7 Å². The molecule has 2 N–H and O–H groups in total. The number of methoxy groups -OCH3 is 1. The van der Waals surface area contributed by atoms with Crippen LogP contribution in [0.2, 0.25) is 5.02 Å². The molecule has 1 aromatic heterocycles. The summed E-state index contributed by atoms with van der Waals surface area (Å²) in [5.74, 6) is -1.15. The first-order valence-electron chi connectivity index (χ1n) is 5.54. The van der Waals surface area contributed by atoms with Gasteiger partial charge in [0.15, 0.2) is 5.69 Å². The number of nitrogens with two attached hydrogens (primary N) is 1. The number of ether oxygens (including phenoxy) is 1. The van der Waals surface area contributed by atoms with Gasteiger partial charge < -0.3 is 10.5 Å². The van der Waals surface area contributed by atoms with Crippen molar-refractivity contribution in [2.45, 2.75) is 6.18 Å². The number of nitrogen functional groups attached to an aromatic ring is 1. The second kappa shape index (κ2) is 5.28. The lowest BCUT2D eigenvalue weighted by Gasteiger charge is -2.15. The molecule has 5 nitrogen and oxygen atoms in total. The van der Waals surface area contributed by atoms with E-state index < -0.39 is 23.4 Å². The average molecular weight is 320 g/mol. The van der Waals surface area contributed by atoms with E-state index >= 15 is 0 Å². The van der Waals surface area contributed by atoms with Crippen molar-refractivity contribution in [3.8, 4) is 5.69 Å². The minimum absolute atomic E-state index is 0.176. The number of halogens is 4. The molecule has 0 unspecified atom stereocenters. The van der Waals surface area contributed by atoms with Crippen LogP contribution in [0.5, 0.6) is 0 Å². The molecule has 0 bridgehead atoms. The highest BCUT2D eigenvalue weighted by Crippen LogP contribution is 2.38. The highest BCUT2D eigenvalue weighted by Gasteiger charge is 2.35. The van der Waals surface area contributed by atoms with Crippen molar-refractivity contribution in [2.75, 3.05) is 12.8 Å². The Kier molecular flexibility index (Phi) is 3.82. The number of esters is 1. The van der Waals surface area contributed by atoms with E-state index in [1.54, 1.807) is 0 Å². The number of hydrogen-bond donors (Lipinski definition) is 1. The summed E-state index contributed by atoms with van der Waals surface area (Å²) in [5.41, 5.74) is 3.99. The van der Waals surface area contributed by atoms with E-state index in [1.807, 2.05) is 0 Å². The summed E-state index contributed by atoms with van der Waals surface area (Å²) in [5, 5.41) is -0.176. The molecular weight excluding hydrogens is 311 g/mol. The summed E-state index contributed by atoms with van der Waals surface area (Å²) in [4.78, 5) is 15.1. The Morgan fingerprint density at radius 2 is 2.10 bits per heavy atom. The average Bonchev–Trinajstić information content (AvgIpc) is 2.78. The van der Waals surface area contributed by atoms with Crippen LogP contribution in [0.4, 0.5) is 19.0 Å².